The van der Waals surface area contributed by atoms with Crippen LogP contribution in [0.1, 0.15) is 27.7 Å². The van der Waals surface area contributed by atoms with E-state index >= 15 is 0 Å². The van der Waals surface area contributed by atoms with E-state index in [0.29, 0.717) is 0 Å². The van der Waals surface area contributed by atoms with Crippen LogP contribution in [0.25, 0.3) is 0 Å². The number of carbonyl (C=O) groups is 5. The van der Waals surface area contributed by atoms with Crippen LogP contribution >= 0.6 is 0 Å². The Kier molecular flexibility index (Phi) is 8.71. The molecule has 0 N–H and O–H groups in total. The molecule has 0 fully saturated rings. The first kappa shape index (κ1) is 21.0. The van der Waals surface area contributed by atoms with E-state index in [9.17, 15) is 24.0 Å². The highest BCUT2D eigenvalue weighted by Gasteiger charge is 2.42. The quantitative estimate of drug-likeness (QED) is 0.319. The van der Waals surface area contributed by atoms with Gasteiger partial charge in [0.1, 0.15) is 12.7 Å². The van der Waals surface area contributed by atoms with Crippen LogP contribution in [0.5, 0.6) is 0 Å². The van der Waals surface area contributed by atoms with Crippen LogP contribution in [0.15, 0.2) is 0 Å². The van der Waals surface area contributed by atoms with Crippen molar-refractivity contribution in [1.29, 1.82) is 5.26 Å². The molecule has 3 unspecified atom stereocenters. The molecule has 0 bridgehead atoms. The highest BCUT2D eigenvalue weighted by Crippen LogP contribution is 2.16. The fourth-order valence-electron chi connectivity index (χ4n) is 1.65. The first-order chi connectivity index (χ1) is 11.1. The zero-order valence-corrected chi connectivity index (χ0v) is 13.6. The van der Waals surface area contributed by atoms with Crippen LogP contribution in [-0.4, -0.2) is 54.6 Å². The largest absolute Gasteiger partial charge is 0.462 e. The Morgan fingerprint density at radius 3 is 1.71 bits per heavy atom. The average Bonchev–Trinajstić information content (AvgIpc) is 2.45. The number of hydrogen-bond acceptors (Lipinski definition) is 10. The molecule has 0 aliphatic rings. The number of ether oxygens (including phenoxy) is 4. The molecular weight excluding hydrogens is 326 g/mol. The Morgan fingerprint density at radius 1 is 0.833 bits per heavy atom. The fraction of sp³-hybridized carbons (Fsp3) is 0.571. The lowest BCUT2D eigenvalue weighted by Gasteiger charge is -2.29. The summed E-state index contributed by atoms with van der Waals surface area (Å²) in [6.45, 7) is 3.48. The lowest BCUT2D eigenvalue weighted by atomic mass is 10.0. The van der Waals surface area contributed by atoms with Gasteiger partial charge in [-0.25, -0.2) is 0 Å². The van der Waals surface area contributed by atoms with Crippen LogP contribution < -0.4 is 0 Å². The summed E-state index contributed by atoms with van der Waals surface area (Å²) in [6.07, 6.45) is -4.98. The van der Waals surface area contributed by atoms with Gasteiger partial charge in [0, 0.05) is 27.7 Å². The van der Waals surface area contributed by atoms with E-state index in [4.69, 9.17) is 24.2 Å². The number of nitriles is 1. The minimum atomic E-state index is -1.85. The summed E-state index contributed by atoms with van der Waals surface area (Å²) in [4.78, 5) is 56.3. The van der Waals surface area contributed by atoms with Gasteiger partial charge in [-0.3, -0.25) is 24.0 Å². The van der Waals surface area contributed by atoms with Crippen LogP contribution in [0, 0.1) is 11.3 Å². The Hall–Kier alpha value is -2.96. The fourth-order valence-corrected chi connectivity index (χ4v) is 1.65. The third kappa shape index (κ3) is 7.88. The van der Waals surface area contributed by atoms with Crippen molar-refractivity contribution in [2.24, 2.45) is 0 Å². The van der Waals surface area contributed by atoms with Crippen molar-refractivity contribution in [3.05, 3.63) is 0 Å². The summed E-state index contributed by atoms with van der Waals surface area (Å²) in [5.41, 5.74) is 0. The molecule has 0 heterocycles. The van der Waals surface area contributed by atoms with Gasteiger partial charge in [-0.05, 0) is 0 Å². The number of rotatable bonds is 8. The Bertz CT molecular complexity index is 563. The maximum atomic E-state index is 11.7. The molecule has 0 amide bonds. The zero-order chi connectivity index (χ0) is 18.9. The minimum Gasteiger partial charge on any atom is -0.462 e. The highest BCUT2D eigenvalue weighted by atomic mass is 16.6. The summed E-state index contributed by atoms with van der Waals surface area (Å²) in [5, 5.41) is 8.76. The first-order valence-corrected chi connectivity index (χ1v) is 6.67. The van der Waals surface area contributed by atoms with Gasteiger partial charge in [-0.15, -0.1) is 0 Å². The number of esters is 4. The smallest absolute Gasteiger partial charge is 0.303 e. The van der Waals surface area contributed by atoms with Crippen molar-refractivity contribution >= 4 is 29.7 Å². The molecule has 0 aromatic rings. The molecule has 10 nitrogen and oxygen atoms in total. The Labute approximate surface area is 137 Å². The van der Waals surface area contributed by atoms with Gasteiger partial charge in [0.25, 0.3) is 5.78 Å². The lowest BCUT2D eigenvalue weighted by Crippen LogP contribution is -2.50. The van der Waals surface area contributed by atoms with Gasteiger partial charge in [0.2, 0.25) is 6.10 Å². The second kappa shape index (κ2) is 9.94. The maximum absolute atomic E-state index is 11.7. The van der Waals surface area contributed by atoms with Crippen molar-refractivity contribution in [3.8, 4) is 6.07 Å². The molecule has 0 aromatic heterocycles. The molecule has 0 saturated heterocycles. The second-order valence-corrected chi connectivity index (χ2v) is 4.53. The predicted octanol–water partition coefficient (Wildman–Crippen LogP) is -0.563. The van der Waals surface area contributed by atoms with E-state index in [0.717, 1.165) is 27.7 Å². The molecule has 0 saturated carbocycles. The van der Waals surface area contributed by atoms with E-state index in [1.165, 1.54) is 6.07 Å². The van der Waals surface area contributed by atoms with Gasteiger partial charge in [-0.2, -0.15) is 5.26 Å². The molecule has 10 heteroatoms. The average molecular weight is 343 g/mol. The van der Waals surface area contributed by atoms with Crippen LogP contribution in [0.2, 0.25) is 0 Å². The van der Waals surface area contributed by atoms with Crippen LogP contribution in [0.4, 0.5) is 0 Å². The summed E-state index contributed by atoms with van der Waals surface area (Å²) >= 11 is 0. The molecule has 0 spiro atoms. The van der Waals surface area contributed by atoms with Crippen molar-refractivity contribution in [3.63, 3.8) is 0 Å². The van der Waals surface area contributed by atoms with Gasteiger partial charge in [0.15, 0.2) is 12.2 Å². The Balaban J connectivity index is 5.73. The van der Waals surface area contributed by atoms with Gasteiger partial charge >= 0.3 is 23.9 Å². The number of Topliss-reactive ketones (excluding diaryl/α,β-unsaturated/α-hetero) is 1. The summed E-state index contributed by atoms with van der Waals surface area (Å²) in [5.74, 6) is -4.64. The number of nitrogens with zero attached hydrogens (tertiary/aromatic N) is 1. The van der Waals surface area contributed by atoms with E-state index < -0.39 is 54.6 Å². The minimum absolute atomic E-state index is 0.580. The molecule has 0 radical (unpaired) electrons. The van der Waals surface area contributed by atoms with Gasteiger partial charge in [0.05, 0.1) is 0 Å². The number of hydrogen-bond donors (Lipinski definition) is 0. The van der Waals surface area contributed by atoms with Crippen LogP contribution in [-0.2, 0) is 42.9 Å². The summed E-state index contributed by atoms with van der Waals surface area (Å²) in [6, 6.07) is 1.24. The van der Waals surface area contributed by atoms with Crippen molar-refractivity contribution < 1.29 is 42.9 Å². The first-order valence-electron chi connectivity index (χ1n) is 6.67. The molecule has 0 rings (SSSR count). The third-order valence-corrected chi connectivity index (χ3v) is 2.40. The predicted molar refractivity (Wildman–Crippen MR) is 73.9 cm³/mol. The monoisotopic (exact) mass is 343 g/mol. The van der Waals surface area contributed by atoms with E-state index in [1.54, 1.807) is 0 Å². The van der Waals surface area contributed by atoms with Gasteiger partial charge in [-0.1, -0.05) is 0 Å². The molecule has 0 aliphatic heterocycles. The van der Waals surface area contributed by atoms with E-state index in [-0.39, 0.29) is 0 Å². The SMILES string of the molecule is CC(=O)OCC(OC(C)=O)C(OC(C)=O)C(OC(C)=O)C(=O)C#N. The standard InChI is InChI=1S/C14H17NO9/c1-7(16)21-6-12(22-8(2)17)14(24-10(4)19)13(11(20)5-15)23-9(3)18/h12-14H,6H2,1-4H3. The van der Waals surface area contributed by atoms with Crippen LogP contribution in [0.3, 0.4) is 0 Å². The Morgan fingerprint density at radius 2 is 1.33 bits per heavy atom. The molecule has 0 aromatic carbocycles. The molecule has 132 valence electrons. The lowest BCUT2D eigenvalue weighted by molar-refractivity contribution is -0.189. The van der Waals surface area contributed by atoms with E-state index in [1.807, 2.05) is 0 Å². The topological polar surface area (TPSA) is 146 Å². The molecular formula is C14H17NO9. The van der Waals surface area contributed by atoms with Crippen molar-refractivity contribution in [2.75, 3.05) is 6.61 Å². The molecule has 24 heavy (non-hydrogen) atoms. The normalized spacial score (nSPS) is 13.5. The summed E-state index contributed by atoms with van der Waals surface area (Å²) in [7, 11) is 0. The molecule has 3 atom stereocenters. The highest BCUT2D eigenvalue weighted by molar-refractivity contribution is 5.98. The van der Waals surface area contributed by atoms with E-state index in [2.05, 4.69) is 0 Å². The molecule has 0 aliphatic carbocycles. The van der Waals surface area contributed by atoms with Crippen molar-refractivity contribution in [2.45, 2.75) is 46.0 Å². The van der Waals surface area contributed by atoms with Crippen molar-refractivity contribution in [1.82, 2.24) is 0 Å². The third-order valence-electron chi connectivity index (χ3n) is 2.40. The van der Waals surface area contributed by atoms with Gasteiger partial charge < -0.3 is 18.9 Å². The number of ketones is 1. The number of carbonyl (C=O) groups excluding carboxylic acids is 5. The zero-order valence-electron chi connectivity index (χ0n) is 13.6. The second-order valence-electron chi connectivity index (χ2n) is 4.53. The summed E-state index contributed by atoms with van der Waals surface area (Å²) < 4.78 is 19.2. The maximum Gasteiger partial charge on any atom is 0.303 e.